The van der Waals surface area contributed by atoms with Crippen LogP contribution in [-0.4, -0.2) is 43.6 Å². The summed E-state index contributed by atoms with van der Waals surface area (Å²) in [4.78, 5) is 27.4. The Morgan fingerprint density at radius 3 is 2.81 bits per heavy atom. The van der Waals surface area contributed by atoms with Crippen molar-refractivity contribution < 1.29 is 9.53 Å². The maximum atomic E-state index is 12.4. The number of anilines is 1. The molecule has 0 bridgehead atoms. The zero-order valence-electron chi connectivity index (χ0n) is 16.3. The second-order valence-corrected chi connectivity index (χ2v) is 7.84. The van der Waals surface area contributed by atoms with Crippen LogP contribution in [0.5, 0.6) is 5.75 Å². The molecule has 0 unspecified atom stereocenters. The van der Waals surface area contributed by atoms with Crippen molar-refractivity contribution >= 4 is 40.7 Å². The second kappa shape index (κ2) is 9.19. The van der Waals surface area contributed by atoms with Crippen molar-refractivity contribution in [2.24, 2.45) is 0 Å². The summed E-state index contributed by atoms with van der Waals surface area (Å²) in [6.45, 7) is 0. The van der Waals surface area contributed by atoms with E-state index in [4.69, 9.17) is 16.3 Å². The Morgan fingerprint density at radius 1 is 1.23 bits per heavy atom. The van der Waals surface area contributed by atoms with Crippen LogP contribution < -0.4 is 15.6 Å². The molecule has 2 aromatic heterocycles. The molecule has 0 spiro atoms. The number of ether oxygens (including phenoxy) is 1. The normalized spacial score (nSPS) is 10.9. The number of fused-ring (bicyclic) bond motifs is 1. The van der Waals surface area contributed by atoms with Crippen molar-refractivity contribution in [1.82, 2.24) is 24.8 Å². The minimum atomic E-state index is -0.328. The monoisotopic (exact) mass is 456 g/mol. The van der Waals surface area contributed by atoms with Crippen LogP contribution in [0.3, 0.4) is 0 Å². The number of hydrogen-bond donors (Lipinski definition) is 2. The maximum Gasteiger partial charge on any atom is 0.274 e. The van der Waals surface area contributed by atoms with E-state index in [9.17, 15) is 9.59 Å². The van der Waals surface area contributed by atoms with Gasteiger partial charge in [0.2, 0.25) is 11.1 Å². The number of aromatic amines is 1. The highest BCUT2D eigenvalue weighted by molar-refractivity contribution is 7.99. The highest BCUT2D eigenvalue weighted by Gasteiger charge is 2.15. The van der Waals surface area contributed by atoms with Crippen molar-refractivity contribution in [1.29, 1.82) is 0 Å². The lowest BCUT2D eigenvalue weighted by molar-refractivity contribution is -0.113. The Morgan fingerprint density at radius 2 is 2.03 bits per heavy atom. The van der Waals surface area contributed by atoms with Crippen LogP contribution >= 0.6 is 23.4 Å². The van der Waals surface area contributed by atoms with E-state index in [1.165, 1.54) is 11.6 Å². The molecule has 0 radical (unpaired) electrons. The van der Waals surface area contributed by atoms with Crippen molar-refractivity contribution in [2.75, 3.05) is 18.2 Å². The number of aromatic nitrogens is 5. The molecule has 4 aromatic rings. The number of benzene rings is 2. The molecule has 0 saturated carbocycles. The summed E-state index contributed by atoms with van der Waals surface area (Å²) in [7, 11) is 1.51. The number of amides is 1. The Kier molecular flexibility index (Phi) is 6.19. The lowest BCUT2D eigenvalue weighted by atomic mass is 10.1. The smallest absolute Gasteiger partial charge is 0.274 e. The highest BCUT2D eigenvalue weighted by atomic mass is 35.5. The van der Waals surface area contributed by atoms with E-state index in [0.29, 0.717) is 33.7 Å². The van der Waals surface area contributed by atoms with E-state index in [1.807, 2.05) is 30.3 Å². The minimum absolute atomic E-state index is 0.0469. The number of methoxy groups -OCH3 is 1. The molecule has 0 fully saturated rings. The molecule has 0 atom stereocenters. The number of hydrogen-bond acceptors (Lipinski definition) is 7. The standard InChI is InChI=1S/C20H17ClN6O3S/c1-30-16-8-7-13(21)10-14(16)22-17(28)11-31-20-25-24-19-23-18(29)15(26-27(19)20)9-12-5-3-2-4-6-12/h2-8,10H,9,11H2,1H3,(H,22,28)(H,23,24,29). The third-order valence-electron chi connectivity index (χ3n) is 4.30. The molecule has 2 heterocycles. The Balaban J connectivity index is 1.50. The van der Waals surface area contributed by atoms with Gasteiger partial charge in [-0.2, -0.15) is 9.61 Å². The number of carbonyl (C=O) groups excluding carboxylic acids is 1. The molecule has 0 aliphatic rings. The highest BCUT2D eigenvalue weighted by Crippen LogP contribution is 2.28. The van der Waals surface area contributed by atoms with Crippen LogP contribution in [0.15, 0.2) is 58.5 Å². The minimum Gasteiger partial charge on any atom is -0.495 e. The van der Waals surface area contributed by atoms with E-state index < -0.39 is 0 Å². The van der Waals surface area contributed by atoms with E-state index in [1.54, 1.807) is 18.2 Å². The second-order valence-electron chi connectivity index (χ2n) is 6.46. The van der Waals surface area contributed by atoms with Gasteiger partial charge in [-0.05, 0) is 23.8 Å². The van der Waals surface area contributed by atoms with Crippen LogP contribution in [0, 0.1) is 0 Å². The van der Waals surface area contributed by atoms with E-state index in [2.05, 4.69) is 25.6 Å². The van der Waals surface area contributed by atoms with Gasteiger partial charge in [-0.15, -0.1) is 10.2 Å². The largest absolute Gasteiger partial charge is 0.495 e. The van der Waals surface area contributed by atoms with Crippen molar-refractivity contribution in [3.63, 3.8) is 0 Å². The van der Waals surface area contributed by atoms with E-state index in [0.717, 1.165) is 17.3 Å². The summed E-state index contributed by atoms with van der Waals surface area (Å²) < 4.78 is 6.66. The summed E-state index contributed by atoms with van der Waals surface area (Å²) in [6.07, 6.45) is 0.365. The van der Waals surface area contributed by atoms with Gasteiger partial charge in [-0.25, -0.2) is 0 Å². The predicted molar refractivity (Wildman–Crippen MR) is 118 cm³/mol. The molecular formula is C20H17ClN6O3S. The third-order valence-corrected chi connectivity index (χ3v) is 5.46. The molecule has 0 aliphatic carbocycles. The molecule has 0 saturated heterocycles. The number of halogens is 1. The van der Waals surface area contributed by atoms with Crippen LogP contribution in [0.4, 0.5) is 5.69 Å². The van der Waals surface area contributed by atoms with Crippen LogP contribution in [0.2, 0.25) is 5.02 Å². The number of carbonyl (C=O) groups is 1. The fourth-order valence-corrected chi connectivity index (χ4v) is 3.72. The molecule has 4 rings (SSSR count). The van der Waals surface area contributed by atoms with Gasteiger partial charge in [-0.3, -0.25) is 14.6 Å². The molecule has 2 N–H and O–H groups in total. The van der Waals surface area contributed by atoms with Crippen molar-refractivity contribution in [3.05, 3.63) is 75.2 Å². The number of rotatable bonds is 7. The van der Waals surface area contributed by atoms with Crippen molar-refractivity contribution in [2.45, 2.75) is 11.6 Å². The first-order valence-corrected chi connectivity index (χ1v) is 10.5. The summed E-state index contributed by atoms with van der Waals surface area (Å²) in [5, 5.41) is 16.0. The summed E-state index contributed by atoms with van der Waals surface area (Å²) in [5.74, 6) is 0.476. The summed E-state index contributed by atoms with van der Waals surface area (Å²) >= 11 is 7.14. The molecule has 158 valence electrons. The van der Waals surface area contributed by atoms with Crippen LogP contribution in [-0.2, 0) is 11.2 Å². The number of nitrogens with one attached hydrogen (secondary N) is 2. The van der Waals surface area contributed by atoms with Gasteiger partial charge in [0.25, 0.3) is 11.3 Å². The van der Waals surface area contributed by atoms with Crippen molar-refractivity contribution in [3.8, 4) is 5.75 Å². The zero-order valence-corrected chi connectivity index (χ0v) is 17.9. The quantitative estimate of drug-likeness (QED) is 0.411. The average molecular weight is 457 g/mol. The molecule has 2 aromatic carbocycles. The molecule has 31 heavy (non-hydrogen) atoms. The maximum absolute atomic E-state index is 12.4. The van der Waals surface area contributed by atoms with E-state index >= 15 is 0 Å². The zero-order chi connectivity index (χ0) is 21.8. The van der Waals surface area contributed by atoms with Gasteiger partial charge in [0.05, 0.1) is 18.6 Å². The first-order valence-electron chi connectivity index (χ1n) is 9.18. The number of nitrogens with zero attached hydrogens (tertiary/aromatic N) is 4. The van der Waals surface area contributed by atoms with Gasteiger partial charge >= 0.3 is 0 Å². The topological polar surface area (TPSA) is 114 Å². The Hall–Kier alpha value is -3.37. The van der Waals surface area contributed by atoms with Gasteiger partial charge in [0.15, 0.2) is 0 Å². The SMILES string of the molecule is COc1ccc(Cl)cc1NC(=O)CSc1nnc2[nH]c(=O)c(Cc3ccccc3)nn12. The van der Waals surface area contributed by atoms with Crippen LogP contribution in [0.1, 0.15) is 11.3 Å². The molecule has 1 amide bonds. The lowest BCUT2D eigenvalue weighted by Crippen LogP contribution is -2.19. The fourth-order valence-electron chi connectivity index (χ4n) is 2.86. The summed E-state index contributed by atoms with van der Waals surface area (Å²) in [5.41, 5.74) is 1.43. The molecular weight excluding hydrogens is 440 g/mol. The lowest BCUT2D eigenvalue weighted by Gasteiger charge is -2.10. The number of H-pyrrole nitrogens is 1. The Bertz CT molecular complexity index is 1290. The number of thioether (sulfide) groups is 1. The first-order chi connectivity index (χ1) is 15.0. The van der Waals surface area contributed by atoms with Gasteiger partial charge in [0.1, 0.15) is 11.4 Å². The predicted octanol–water partition coefficient (Wildman–Crippen LogP) is 2.80. The molecule has 0 aliphatic heterocycles. The Labute approximate surface area is 185 Å². The fraction of sp³-hybridized carbons (Fsp3) is 0.150. The first kappa shape index (κ1) is 20.9. The van der Waals surface area contributed by atoms with Gasteiger partial charge < -0.3 is 10.1 Å². The summed E-state index contributed by atoms with van der Waals surface area (Å²) in [6, 6.07) is 14.5. The molecule has 9 nitrogen and oxygen atoms in total. The molecule has 11 heteroatoms. The van der Waals surface area contributed by atoms with Gasteiger partial charge in [-0.1, -0.05) is 53.7 Å². The van der Waals surface area contributed by atoms with Crippen LogP contribution in [0.25, 0.3) is 5.78 Å². The average Bonchev–Trinajstić information content (AvgIpc) is 3.15. The van der Waals surface area contributed by atoms with E-state index in [-0.39, 0.29) is 23.0 Å². The third kappa shape index (κ3) is 4.86. The van der Waals surface area contributed by atoms with Gasteiger partial charge in [0, 0.05) is 11.4 Å².